The number of hydrogen-bond donors (Lipinski definition) is 1. The van der Waals surface area contributed by atoms with Gasteiger partial charge in [0.1, 0.15) is 12.1 Å². The van der Waals surface area contributed by atoms with Crippen molar-refractivity contribution in [3.63, 3.8) is 0 Å². The molecule has 0 radical (unpaired) electrons. The number of rotatable bonds is 3. The summed E-state index contributed by atoms with van der Waals surface area (Å²) in [5.41, 5.74) is 1.12. The highest BCUT2D eigenvalue weighted by atomic mass is 19.1. The van der Waals surface area contributed by atoms with Crippen molar-refractivity contribution < 1.29 is 4.39 Å². The molecule has 1 N–H and O–H groups in total. The molecule has 0 saturated heterocycles. The molecule has 0 fully saturated rings. The van der Waals surface area contributed by atoms with E-state index in [4.69, 9.17) is 0 Å². The number of hydrogen-bond acceptors (Lipinski definition) is 3. The van der Waals surface area contributed by atoms with E-state index in [1.807, 2.05) is 30.3 Å². The van der Waals surface area contributed by atoms with Crippen LogP contribution in [0.3, 0.4) is 0 Å². The van der Waals surface area contributed by atoms with Crippen LogP contribution in [0.1, 0.15) is 5.56 Å². The third kappa shape index (κ3) is 2.74. The second-order valence-electron chi connectivity index (χ2n) is 3.07. The summed E-state index contributed by atoms with van der Waals surface area (Å²) in [6.45, 7) is 0.622. The first-order valence-corrected chi connectivity index (χ1v) is 4.60. The molecule has 0 bridgehead atoms. The predicted molar refractivity (Wildman–Crippen MR) is 55.8 cm³/mol. The largest absolute Gasteiger partial charge is 0.366 e. The van der Waals surface area contributed by atoms with E-state index in [0.717, 1.165) is 5.56 Å². The van der Waals surface area contributed by atoms with Crippen LogP contribution in [0.25, 0.3) is 0 Å². The summed E-state index contributed by atoms with van der Waals surface area (Å²) in [4.78, 5) is 7.27. The molecule has 2 rings (SSSR count). The van der Waals surface area contributed by atoms with Crippen molar-refractivity contribution in [1.82, 2.24) is 9.97 Å². The van der Waals surface area contributed by atoms with Crippen molar-refractivity contribution in [3.05, 3.63) is 54.2 Å². The minimum absolute atomic E-state index is 0.492. The Morgan fingerprint density at radius 2 is 1.93 bits per heavy atom. The topological polar surface area (TPSA) is 37.8 Å². The van der Waals surface area contributed by atoms with Crippen LogP contribution in [-0.2, 0) is 6.54 Å². The van der Waals surface area contributed by atoms with E-state index in [1.54, 1.807) is 0 Å². The summed E-state index contributed by atoms with van der Waals surface area (Å²) >= 11 is 0. The second-order valence-corrected chi connectivity index (χ2v) is 3.07. The monoisotopic (exact) mass is 203 g/mol. The average molecular weight is 203 g/mol. The van der Waals surface area contributed by atoms with Crippen LogP contribution in [0.2, 0.25) is 0 Å². The van der Waals surface area contributed by atoms with E-state index in [2.05, 4.69) is 15.3 Å². The summed E-state index contributed by atoms with van der Waals surface area (Å²) in [7, 11) is 0. The van der Waals surface area contributed by atoms with Gasteiger partial charge < -0.3 is 5.32 Å². The van der Waals surface area contributed by atoms with Gasteiger partial charge in [0.15, 0.2) is 0 Å². The zero-order valence-corrected chi connectivity index (χ0v) is 8.02. The molecule has 0 aliphatic heterocycles. The number of nitrogens with zero attached hydrogens (tertiary/aromatic N) is 2. The van der Waals surface area contributed by atoms with E-state index in [1.165, 1.54) is 12.4 Å². The molecule has 76 valence electrons. The van der Waals surface area contributed by atoms with Gasteiger partial charge in [0.2, 0.25) is 5.95 Å². The molecule has 0 aliphatic carbocycles. The molecule has 3 nitrogen and oxygen atoms in total. The summed E-state index contributed by atoms with van der Waals surface area (Å²) in [6.07, 6.45) is 1.20. The molecule has 0 unspecified atom stereocenters. The van der Waals surface area contributed by atoms with Gasteiger partial charge >= 0.3 is 0 Å². The lowest BCUT2D eigenvalue weighted by atomic mass is 10.2. The fourth-order valence-corrected chi connectivity index (χ4v) is 1.22. The Kier molecular flexibility index (Phi) is 2.88. The van der Waals surface area contributed by atoms with Gasteiger partial charge in [0, 0.05) is 12.6 Å². The third-order valence-corrected chi connectivity index (χ3v) is 1.95. The zero-order valence-electron chi connectivity index (χ0n) is 8.02. The Morgan fingerprint density at radius 1 is 1.13 bits per heavy atom. The minimum atomic E-state index is -0.527. The minimum Gasteiger partial charge on any atom is -0.366 e. The molecule has 0 atom stereocenters. The number of nitrogens with one attached hydrogen (secondary N) is 1. The smallest absolute Gasteiger partial charge is 0.217 e. The van der Waals surface area contributed by atoms with Crippen molar-refractivity contribution in [1.29, 1.82) is 0 Å². The fraction of sp³-hybridized carbons (Fsp3) is 0.0909. The van der Waals surface area contributed by atoms with Crippen molar-refractivity contribution in [2.45, 2.75) is 6.54 Å². The molecule has 0 spiro atoms. The fourth-order valence-electron chi connectivity index (χ4n) is 1.22. The van der Waals surface area contributed by atoms with Crippen LogP contribution in [0.4, 0.5) is 10.2 Å². The van der Waals surface area contributed by atoms with E-state index >= 15 is 0 Å². The lowest BCUT2D eigenvalue weighted by molar-refractivity contribution is 0.580. The summed E-state index contributed by atoms with van der Waals surface area (Å²) < 4.78 is 12.7. The number of anilines is 1. The van der Waals surface area contributed by atoms with Crippen LogP contribution in [0.15, 0.2) is 42.7 Å². The molecule has 2 aromatic rings. The van der Waals surface area contributed by atoms with Crippen LogP contribution in [0.5, 0.6) is 0 Å². The average Bonchev–Trinajstić information content (AvgIpc) is 2.28. The highest BCUT2D eigenvalue weighted by Crippen LogP contribution is 2.05. The van der Waals surface area contributed by atoms with Gasteiger partial charge in [0.25, 0.3) is 0 Å². The van der Waals surface area contributed by atoms with Crippen molar-refractivity contribution >= 4 is 5.82 Å². The predicted octanol–water partition coefficient (Wildman–Crippen LogP) is 2.23. The maximum atomic E-state index is 12.7. The van der Waals surface area contributed by atoms with E-state index in [0.29, 0.717) is 12.4 Å². The first-order valence-electron chi connectivity index (χ1n) is 4.60. The SMILES string of the molecule is Fc1cc(NCc2ccccc2)ncn1. The molecular formula is C11H10FN3. The molecule has 4 heteroatoms. The van der Waals surface area contributed by atoms with Gasteiger partial charge in [-0.05, 0) is 5.56 Å². The standard InChI is InChI=1S/C11H10FN3/c12-10-6-11(15-8-14-10)13-7-9-4-2-1-3-5-9/h1-6,8H,7H2,(H,13,14,15). The summed E-state index contributed by atoms with van der Waals surface area (Å²) in [5, 5.41) is 3.01. The zero-order chi connectivity index (χ0) is 10.5. The van der Waals surface area contributed by atoms with Gasteiger partial charge in [-0.2, -0.15) is 4.39 Å². The molecule has 1 aromatic carbocycles. The second kappa shape index (κ2) is 4.50. The Balaban J connectivity index is 1.99. The van der Waals surface area contributed by atoms with Gasteiger partial charge in [-0.3, -0.25) is 0 Å². The normalized spacial score (nSPS) is 9.93. The van der Waals surface area contributed by atoms with Gasteiger partial charge in [-0.1, -0.05) is 30.3 Å². The Hall–Kier alpha value is -1.97. The lowest BCUT2D eigenvalue weighted by Crippen LogP contribution is -2.01. The maximum absolute atomic E-state index is 12.7. The Labute approximate surface area is 87.0 Å². The van der Waals surface area contributed by atoms with Gasteiger partial charge in [0.05, 0.1) is 0 Å². The van der Waals surface area contributed by atoms with Crippen LogP contribution < -0.4 is 5.32 Å². The number of benzene rings is 1. The first-order chi connectivity index (χ1) is 7.34. The van der Waals surface area contributed by atoms with Crippen LogP contribution in [0, 0.1) is 5.95 Å². The molecular weight excluding hydrogens is 193 g/mol. The maximum Gasteiger partial charge on any atom is 0.217 e. The van der Waals surface area contributed by atoms with Crippen molar-refractivity contribution in [3.8, 4) is 0 Å². The molecule has 0 amide bonds. The summed E-state index contributed by atoms with van der Waals surface area (Å²) in [6, 6.07) is 11.1. The van der Waals surface area contributed by atoms with Crippen LogP contribution >= 0.6 is 0 Å². The third-order valence-electron chi connectivity index (χ3n) is 1.95. The highest BCUT2D eigenvalue weighted by Gasteiger charge is 1.96. The molecule has 1 aromatic heterocycles. The number of aromatic nitrogens is 2. The molecule has 1 heterocycles. The number of halogens is 1. The molecule has 0 saturated carbocycles. The quantitative estimate of drug-likeness (QED) is 0.777. The lowest BCUT2D eigenvalue weighted by Gasteiger charge is -2.04. The van der Waals surface area contributed by atoms with Crippen LogP contribution in [-0.4, -0.2) is 9.97 Å². The van der Waals surface area contributed by atoms with E-state index in [-0.39, 0.29) is 0 Å². The molecule has 15 heavy (non-hydrogen) atoms. The van der Waals surface area contributed by atoms with Gasteiger partial charge in [-0.25, -0.2) is 9.97 Å². The molecule has 0 aliphatic rings. The van der Waals surface area contributed by atoms with Crippen molar-refractivity contribution in [2.75, 3.05) is 5.32 Å². The highest BCUT2D eigenvalue weighted by molar-refractivity contribution is 5.33. The van der Waals surface area contributed by atoms with E-state index < -0.39 is 5.95 Å². The Morgan fingerprint density at radius 3 is 2.67 bits per heavy atom. The van der Waals surface area contributed by atoms with Gasteiger partial charge in [-0.15, -0.1) is 0 Å². The first kappa shape index (κ1) is 9.58. The summed E-state index contributed by atoms with van der Waals surface area (Å²) in [5.74, 6) is -0.0353. The van der Waals surface area contributed by atoms with E-state index in [9.17, 15) is 4.39 Å². The Bertz CT molecular complexity index is 431. The van der Waals surface area contributed by atoms with Crippen molar-refractivity contribution in [2.24, 2.45) is 0 Å².